The molecule has 0 aliphatic heterocycles. The predicted molar refractivity (Wildman–Crippen MR) is 65.1 cm³/mol. The van der Waals surface area contributed by atoms with E-state index < -0.39 is 0 Å². The Morgan fingerprint density at radius 1 is 1.38 bits per heavy atom. The molecular weight excluding hydrogens is 200 g/mol. The lowest BCUT2D eigenvalue weighted by atomic mass is 9.89. The van der Waals surface area contributed by atoms with Crippen LogP contribution in [-0.4, -0.2) is 18.3 Å². The molecule has 1 aromatic rings. The SMILES string of the molecule is CC(C)(CCO)CNc1ccccc1C#N. The van der Waals surface area contributed by atoms with Gasteiger partial charge in [0.1, 0.15) is 6.07 Å². The number of hydrogen-bond donors (Lipinski definition) is 2. The van der Waals surface area contributed by atoms with E-state index >= 15 is 0 Å². The van der Waals surface area contributed by atoms with Gasteiger partial charge in [-0.2, -0.15) is 5.26 Å². The summed E-state index contributed by atoms with van der Waals surface area (Å²) >= 11 is 0. The Morgan fingerprint density at radius 2 is 2.06 bits per heavy atom. The summed E-state index contributed by atoms with van der Waals surface area (Å²) in [4.78, 5) is 0. The number of nitrogens with zero attached hydrogens (tertiary/aromatic N) is 1. The van der Waals surface area contributed by atoms with Crippen LogP contribution in [0.2, 0.25) is 0 Å². The van der Waals surface area contributed by atoms with Crippen molar-refractivity contribution in [2.24, 2.45) is 5.41 Å². The highest BCUT2D eigenvalue weighted by molar-refractivity contribution is 5.57. The van der Waals surface area contributed by atoms with Crippen LogP contribution in [0.25, 0.3) is 0 Å². The molecular formula is C13H18N2O. The van der Waals surface area contributed by atoms with Gasteiger partial charge in [-0.3, -0.25) is 0 Å². The molecule has 3 heteroatoms. The highest BCUT2D eigenvalue weighted by Crippen LogP contribution is 2.22. The minimum atomic E-state index is 0.0251. The molecule has 0 heterocycles. The lowest BCUT2D eigenvalue weighted by Gasteiger charge is -2.24. The molecule has 0 aromatic heterocycles. The molecule has 16 heavy (non-hydrogen) atoms. The highest BCUT2D eigenvalue weighted by atomic mass is 16.3. The first-order valence-electron chi connectivity index (χ1n) is 5.43. The number of aliphatic hydroxyl groups excluding tert-OH is 1. The normalized spacial score (nSPS) is 10.9. The molecule has 1 aromatic carbocycles. The smallest absolute Gasteiger partial charge is 0.101 e. The Bertz CT molecular complexity index is 380. The maximum Gasteiger partial charge on any atom is 0.101 e. The Hall–Kier alpha value is -1.53. The van der Waals surface area contributed by atoms with E-state index in [4.69, 9.17) is 10.4 Å². The Kier molecular flexibility index (Phi) is 4.33. The van der Waals surface area contributed by atoms with E-state index in [-0.39, 0.29) is 12.0 Å². The van der Waals surface area contributed by atoms with E-state index in [1.807, 2.05) is 18.2 Å². The maximum absolute atomic E-state index is 8.92. The van der Waals surface area contributed by atoms with Gasteiger partial charge in [0, 0.05) is 13.2 Å². The predicted octanol–water partition coefficient (Wildman–Crippen LogP) is 2.38. The Labute approximate surface area is 96.7 Å². The molecule has 1 rings (SSSR count). The van der Waals surface area contributed by atoms with Gasteiger partial charge in [0.25, 0.3) is 0 Å². The first kappa shape index (κ1) is 12.5. The van der Waals surface area contributed by atoms with Crippen LogP contribution >= 0.6 is 0 Å². The molecule has 0 amide bonds. The van der Waals surface area contributed by atoms with Gasteiger partial charge in [0.05, 0.1) is 11.3 Å². The van der Waals surface area contributed by atoms with Crippen LogP contribution in [0.5, 0.6) is 0 Å². The van der Waals surface area contributed by atoms with Crippen LogP contribution in [0.15, 0.2) is 24.3 Å². The van der Waals surface area contributed by atoms with Gasteiger partial charge in [0.15, 0.2) is 0 Å². The summed E-state index contributed by atoms with van der Waals surface area (Å²) in [6, 6.07) is 9.60. The zero-order valence-corrected chi connectivity index (χ0v) is 9.83. The molecule has 0 aliphatic carbocycles. The molecule has 86 valence electrons. The van der Waals surface area contributed by atoms with Gasteiger partial charge in [-0.25, -0.2) is 0 Å². The number of nitriles is 1. The van der Waals surface area contributed by atoms with Crippen LogP contribution in [0.1, 0.15) is 25.8 Å². The van der Waals surface area contributed by atoms with Gasteiger partial charge in [-0.15, -0.1) is 0 Å². The summed E-state index contributed by atoms with van der Waals surface area (Å²) in [5, 5.41) is 21.1. The first-order valence-corrected chi connectivity index (χ1v) is 5.43. The van der Waals surface area contributed by atoms with Crippen LogP contribution < -0.4 is 5.32 Å². The Balaban J connectivity index is 2.65. The summed E-state index contributed by atoms with van der Waals surface area (Å²) in [6.07, 6.45) is 0.745. The molecule has 0 bridgehead atoms. The monoisotopic (exact) mass is 218 g/mol. The van der Waals surface area contributed by atoms with Gasteiger partial charge >= 0.3 is 0 Å². The number of anilines is 1. The van der Waals surface area contributed by atoms with Gasteiger partial charge in [0.2, 0.25) is 0 Å². The molecule has 0 spiro atoms. The minimum absolute atomic E-state index is 0.0251. The second kappa shape index (κ2) is 5.53. The number of aliphatic hydroxyl groups is 1. The van der Waals surface area contributed by atoms with E-state index in [1.165, 1.54) is 0 Å². The molecule has 0 fully saturated rings. The largest absolute Gasteiger partial charge is 0.396 e. The third kappa shape index (κ3) is 3.56. The van der Waals surface area contributed by atoms with Gasteiger partial charge in [-0.1, -0.05) is 26.0 Å². The van der Waals surface area contributed by atoms with E-state index in [2.05, 4.69) is 25.2 Å². The lowest BCUT2D eigenvalue weighted by molar-refractivity contribution is 0.220. The minimum Gasteiger partial charge on any atom is -0.396 e. The third-order valence-corrected chi connectivity index (χ3v) is 2.59. The van der Waals surface area contributed by atoms with Crippen molar-refractivity contribution in [3.63, 3.8) is 0 Å². The van der Waals surface area contributed by atoms with Crippen molar-refractivity contribution in [3.8, 4) is 6.07 Å². The zero-order valence-electron chi connectivity index (χ0n) is 9.83. The van der Waals surface area contributed by atoms with Crippen LogP contribution in [0.3, 0.4) is 0 Å². The number of hydrogen-bond acceptors (Lipinski definition) is 3. The topological polar surface area (TPSA) is 56.0 Å². The van der Waals surface area contributed by atoms with Crippen LogP contribution in [0, 0.1) is 16.7 Å². The van der Waals surface area contributed by atoms with Crippen molar-refractivity contribution in [3.05, 3.63) is 29.8 Å². The number of benzene rings is 1. The summed E-state index contributed by atoms with van der Waals surface area (Å²) < 4.78 is 0. The fourth-order valence-corrected chi connectivity index (χ4v) is 1.46. The van der Waals surface area contributed by atoms with Gasteiger partial charge in [-0.05, 0) is 24.0 Å². The molecule has 0 aliphatic rings. The van der Waals surface area contributed by atoms with Crippen molar-refractivity contribution in [2.45, 2.75) is 20.3 Å². The average Bonchev–Trinajstić information content (AvgIpc) is 2.27. The molecule has 0 saturated carbocycles. The number of rotatable bonds is 5. The van der Waals surface area contributed by atoms with Crippen LogP contribution in [0.4, 0.5) is 5.69 Å². The van der Waals surface area contributed by atoms with E-state index in [0.717, 1.165) is 18.7 Å². The lowest BCUT2D eigenvalue weighted by Crippen LogP contribution is -2.24. The standard InChI is InChI=1S/C13H18N2O/c1-13(2,7-8-16)10-15-12-6-4-3-5-11(12)9-14/h3-6,15-16H,7-8,10H2,1-2H3. The molecule has 0 radical (unpaired) electrons. The molecule has 3 nitrogen and oxygen atoms in total. The fourth-order valence-electron chi connectivity index (χ4n) is 1.46. The summed E-state index contributed by atoms with van der Waals surface area (Å²) in [7, 11) is 0. The molecule has 0 unspecified atom stereocenters. The quantitative estimate of drug-likeness (QED) is 0.797. The first-order chi connectivity index (χ1) is 7.59. The fraction of sp³-hybridized carbons (Fsp3) is 0.462. The van der Waals surface area contributed by atoms with E-state index in [9.17, 15) is 0 Å². The van der Waals surface area contributed by atoms with Crippen molar-refractivity contribution in [2.75, 3.05) is 18.5 Å². The van der Waals surface area contributed by atoms with Crippen molar-refractivity contribution >= 4 is 5.69 Å². The molecule has 2 N–H and O–H groups in total. The van der Waals surface area contributed by atoms with Crippen molar-refractivity contribution < 1.29 is 5.11 Å². The van der Waals surface area contributed by atoms with Crippen molar-refractivity contribution in [1.29, 1.82) is 5.26 Å². The van der Waals surface area contributed by atoms with E-state index in [0.29, 0.717) is 5.56 Å². The summed E-state index contributed by atoms with van der Waals surface area (Å²) in [5.74, 6) is 0. The highest BCUT2D eigenvalue weighted by Gasteiger charge is 2.17. The Morgan fingerprint density at radius 3 is 2.69 bits per heavy atom. The molecule has 0 atom stereocenters. The second-order valence-corrected chi connectivity index (χ2v) is 4.65. The van der Waals surface area contributed by atoms with Crippen LogP contribution in [-0.2, 0) is 0 Å². The van der Waals surface area contributed by atoms with E-state index in [1.54, 1.807) is 6.07 Å². The summed E-state index contributed by atoms with van der Waals surface area (Å²) in [6.45, 7) is 5.11. The second-order valence-electron chi connectivity index (χ2n) is 4.65. The van der Waals surface area contributed by atoms with Gasteiger partial charge < -0.3 is 10.4 Å². The average molecular weight is 218 g/mol. The number of nitrogens with one attached hydrogen (secondary N) is 1. The zero-order chi connectivity index (χ0) is 12.0. The number of para-hydroxylation sites is 1. The maximum atomic E-state index is 8.92. The van der Waals surface area contributed by atoms with Crippen molar-refractivity contribution in [1.82, 2.24) is 0 Å². The molecule has 0 saturated heterocycles. The third-order valence-electron chi connectivity index (χ3n) is 2.59. The summed E-state index contributed by atoms with van der Waals surface area (Å²) in [5.41, 5.74) is 1.54.